The summed E-state index contributed by atoms with van der Waals surface area (Å²) in [6.07, 6.45) is -4.56. The van der Waals surface area contributed by atoms with Crippen LogP contribution < -0.4 is 10.6 Å². The Hall–Kier alpha value is -2.14. The van der Waals surface area contributed by atoms with Crippen LogP contribution in [0.25, 0.3) is 11.3 Å². The molecule has 2 N–H and O–H groups in total. The van der Waals surface area contributed by atoms with Crippen molar-refractivity contribution in [2.75, 3.05) is 6.54 Å². The molecular formula is C15H13F4N3O2S2. The summed E-state index contributed by atoms with van der Waals surface area (Å²) in [5.41, 5.74) is 1.31. The molecule has 0 bridgehead atoms. The zero-order valence-corrected chi connectivity index (χ0v) is 14.9. The molecule has 0 saturated heterocycles. The molecule has 3 amide bonds. The van der Waals surface area contributed by atoms with Crippen LogP contribution in [0, 0.1) is 5.82 Å². The van der Waals surface area contributed by atoms with Crippen molar-refractivity contribution < 1.29 is 27.2 Å². The van der Waals surface area contributed by atoms with E-state index in [-0.39, 0.29) is 5.82 Å². The SMILES string of the molecule is CC(Sc1nc(-c2ccc(F)cc2)cs1)C(=O)NC(=O)NCC(F)(F)F. The topological polar surface area (TPSA) is 71.1 Å². The molecule has 0 aliphatic carbocycles. The van der Waals surface area contributed by atoms with Gasteiger partial charge in [-0.05, 0) is 31.2 Å². The average Bonchev–Trinajstić information content (AvgIpc) is 3.01. The van der Waals surface area contributed by atoms with Crippen LogP contribution in [0.2, 0.25) is 0 Å². The number of rotatable bonds is 5. The Kier molecular flexibility index (Phi) is 6.59. The first kappa shape index (κ1) is 20.2. The number of nitrogens with one attached hydrogen (secondary N) is 2. The van der Waals surface area contributed by atoms with E-state index in [1.54, 1.807) is 22.8 Å². The number of amides is 3. The molecule has 1 aromatic carbocycles. The Morgan fingerprint density at radius 3 is 2.54 bits per heavy atom. The second-order valence-corrected chi connectivity index (χ2v) is 7.50. The number of benzene rings is 1. The minimum absolute atomic E-state index is 0.368. The number of hydrogen-bond acceptors (Lipinski definition) is 5. The van der Waals surface area contributed by atoms with E-state index in [0.29, 0.717) is 15.6 Å². The van der Waals surface area contributed by atoms with E-state index >= 15 is 0 Å². The summed E-state index contributed by atoms with van der Waals surface area (Å²) < 4.78 is 49.5. The molecule has 0 fully saturated rings. The lowest BCUT2D eigenvalue weighted by Crippen LogP contribution is -2.45. The molecule has 11 heteroatoms. The lowest BCUT2D eigenvalue weighted by Gasteiger charge is -2.11. The molecule has 2 aromatic rings. The molecule has 0 radical (unpaired) electrons. The fraction of sp³-hybridized carbons (Fsp3) is 0.267. The number of alkyl halides is 3. The summed E-state index contributed by atoms with van der Waals surface area (Å²) in [5.74, 6) is -1.11. The third kappa shape index (κ3) is 6.30. The van der Waals surface area contributed by atoms with Gasteiger partial charge in [0.05, 0.1) is 10.9 Å². The molecule has 0 saturated carbocycles. The lowest BCUT2D eigenvalue weighted by atomic mass is 10.2. The Bertz CT molecular complexity index is 778. The van der Waals surface area contributed by atoms with Gasteiger partial charge in [-0.15, -0.1) is 11.3 Å². The molecule has 0 aliphatic rings. The zero-order chi connectivity index (χ0) is 19.3. The van der Waals surface area contributed by atoms with E-state index < -0.39 is 29.9 Å². The first-order valence-corrected chi connectivity index (χ1v) is 8.93. The third-order valence-electron chi connectivity index (χ3n) is 2.96. The van der Waals surface area contributed by atoms with Crippen LogP contribution in [-0.4, -0.2) is 34.9 Å². The number of hydrogen-bond donors (Lipinski definition) is 2. The monoisotopic (exact) mass is 407 g/mol. The maximum Gasteiger partial charge on any atom is 0.405 e. The summed E-state index contributed by atoms with van der Waals surface area (Å²) in [5, 5.41) is 4.38. The molecular weight excluding hydrogens is 394 g/mol. The van der Waals surface area contributed by atoms with E-state index in [2.05, 4.69) is 4.98 Å². The molecule has 0 aliphatic heterocycles. The molecule has 1 atom stereocenters. The van der Waals surface area contributed by atoms with E-state index in [4.69, 9.17) is 0 Å². The normalized spacial score (nSPS) is 12.5. The van der Waals surface area contributed by atoms with Crippen molar-refractivity contribution in [1.82, 2.24) is 15.6 Å². The van der Waals surface area contributed by atoms with Gasteiger partial charge in [-0.25, -0.2) is 14.2 Å². The van der Waals surface area contributed by atoms with E-state index in [0.717, 1.165) is 11.8 Å². The highest BCUT2D eigenvalue weighted by molar-refractivity contribution is 8.02. The largest absolute Gasteiger partial charge is 0.405 e. The predicted molar refractivity (Wildman–Crippen MR) is 90.4 cm³/mol. The number of aromatic nitrogens is 1. The van der Waals surface area contributed by atoms with Gasteiger partial charge in [-0.2, -0.15) is 13.2 Å². The zero-order valence-electron chi connectivity index (χ0n) is 13.3. The van der Waals surface area contributed by atoms with Crippen molar-refractivity contribution in [3.63, 3.8) is 0 Å². The van der Waals surface area contributed by atoms with Crippen LogP contribution in [0.3, 0.4) is 0 Å². The van der Waals surface area contributed by atoms with Crippen LogP contribution in [0.5, 0.6) is 0 Å². The van der Waals surface area contributed by atoms with Gasteiger partial charge in [0.25, 0.3) is 0 Å². The van der Waals surface area contributed by atoms with Gasteiger partial charge in [0.15, 0.2) is 4.34 Å². The molecule has 1 aromatic heterocycles. The predicted octanol–water partition coefficient (Wildman–Crippen LogP) is 3.82. The number of thioether (sulfide) groups is 1. The second-order valence-electron chi connectivity index (χ2n) is 5.05. The molecule has 5 nitrogen and oxygen atoms in total. The van der Waals surface area contributed by atoms with Crippen LogP contribution in [-0.2, 0) is 4.79 Å². The Balaban J connectivity index is 1.89. The summed E-state index contributed by atoms with van der Waals surface area (Å²) in [7, 11) is 0. The Morgan fingerprint density at radius 1 is 1.27 bits per heavy atom. The van der Waals surface area contributed by atoms with Gasteiger partial charge >= 0.3 is 12.2 Å². The number of nitrogens with zero attached hydrogens (tertiary/aromatic N) is 1. The maximum absolute atomic E-state index is 12.9. The summed E-state index contributed by atoms with van der Waals surface area (Å²) >= 11 is 2.31. The molecule has 1 unspecified atom stereocenters. The van der Waals surface area contributed by atoms with Crippen molar-refractivity contribution in [3.8, 4) is 11.3 Å². The first-order chi connectivity index (χ1) is 12.1. The van der Waals surface area contributed by atoms with Crippen LogP contribution in [0.15, 0.2) is 34.0 Å². The lowest BCUT2D eigenvalue weighted by molar-refractivity contribution is -0.124. The van der Waals surface area contributed by atoms with Gasteiger partial charge in [-0.1, -0.05) is 11.8 Å². The number of halogens is 4. The number of carbonyl (C=O) groups is 2. The smallest absolute Gasteiger partial charge is 0.329 e. The summed E-state index contributed by atoms with van der Waals surface area (Å²) in [4.78, 5) is 27.4. The Morgan fingerprint density at radius 2 is 1.92 bits per heavy atom. The summed E-state index contributed by atoms with van der Waals surface area (Å²) in [6, 6.07) is 4.53. The van der Waals surface area contributed by atoms with Crippen LogP contribution >= 0.6 is 23.1 Å². The van der Waals surface area contributed by atoms with E-state index in [1.807, 2.05) is 5.32 Å². The van der Waals surface area contributed by atoms with Crippen molar-refractivity contribution >= 4 is 35.0 Å². The van der Waals surface area contributed by atoms with Crippen molar-refractivity contribution in [2.45, 2.75) is 22.7 Å². The van der Waals surface area contributed by atoms with Gasteiger partial charge in [0, 0.05) is 10.9 Å². The minimum atomic E-state index is -4.56. The van der Waals surface area contributed by atoms with Crippen LogP contribution in [0.1, 0.15) is 6.92 Å². The summed E-state index contributed by atoms with van der Waals surface area (Å²) in [6.45, 7) is -0.0306. The van der Waals surface area contributed by atoms with E-state index in [9.17, 15) is 27.2 Å². The van der Waals surface area contributed by atoms with Crippen molar-refractivity contribution in [2.24, 2.45) is 0 Å². The van der Waals surface area contributed by atoms with Crippen molar-refractivity contribution in [3.05, 3.63) is 35.5 Å². The fourth-order valence-electron chi connectivity index (χ4n) is 1.71. The standard InChI is InChI=1S/C15H13F4N3O2S2/c1-8(12(23)22-13(24)20-7-15(17,18)19)26-14-21-11(6-25-14)9-2-4-10(16)5-3-9/h2-6,8H,7H2,1H3,(H2,20,22,23,24). The average molecular weight is 407 g/mol. The highest BCUT2D eigenvalue weighted by Gasteiger charge is 2.28. The van der Waals surface area contributed by atoms with Crippen LogP contribution in [0.4, 0.5) is 22.4 Å². The number of urea groups is 1. The number of imide groups is 1. The van der Waals surface area contributed by atoms with Crippen molar-refractivity contribution in [1.29, 1.82) is 0 Å². The Labute approximate surface area is 154 Å². The highest BCUT2D eigenvalue weighted by atomic mass is 32.2. The number of carbonyl (C=O) groups excluding carboxylic acids is 2. The van der Waals surface area contributed by atoms with Gasteiger partial charge in [-0.3, -0.25) is 10.1 Å². The van der Waals surface area contributed by atoms with Gasteiger partial charge in [0.1, 0.15) is 12.4 Å². The molecule has 26 heavy (non-hydrogen) atoms. The number of thiazole rings is 1. The second kappa shape index (κ2) is 8.49. The van der Waals surface area contributed by atoms with E-state index in [1.165, 1.54) is 30.4 Å². The maximum atomic E-state index is 12.9. The molecule has 0 spiro atoms. The molecule has 2 rings (SSSR count). The van der Waals surface area contributed by atoms with Gasteiger partial charge in [0.2, 0.25) is 5.91 Å². The minimum Gasteiger partial charge on any atom is -0.329 e. The first-order valence-electron chi connectivity index (χ1n) is 7.17. The fourth-order valence-corrected chi connectivity index (χ4v) is 3.68. The molecule has 1 heterocycles. The molecule has 140 valence electrons. The quantitative estimate of drug-likeness (QED) is 0.584. The van der Waals surface area contributed by atoms with Gasteiger partial charge < -0.3 is 5.32 Å². The third-order valence-corrected chi connectivity index (χ3v) is 5.03. The highest BCUT2D eigenvalue weighted by Crippen LogP contribution is 2.30.